The van der Waals surface area contributed by atoms with E-state index in [1.54, 1.807) is 6.07 Å². The number of thiophene rings is 1. The van der Waals surface area contributed by atoms with Gasteiger partial charge in [0.25, 0.3) is 11.8 Å². The van der Waals surface area contributed by atoms with Gasteiger partial charge in [0.15, 0.2) is 0 Å². The van der Waals surface area contributed by atoms with Crippen LogP contribution in [0.5, 0.6) is 0 Å². The number of hydrogen-bond acceptors (Lipinski definition) is 4. The maximum Gasteiger partial charge on any atom is 0.273 e. The highest BCUT2D eigenvalue weighted by molar-refractivity contribution is 7.11. The summed E-state index contributed by atoms with van der Waals surface area (Å²) in [6.45, 7) is 3.71. The number of amides is 2. The Bertz CT molecular complexity index is 539. The summed E-state index contributed by atoms with van der Waals surface area (Å²) >= 11 is 7.44. The molecule has 2 heterocycles. The second-order valence-corrected chi connectivity index (χ2v) is 6.07. The van der Waals surface area contributed by atoms with E-state index >= 15 is 0 Å². The standard InChI is InChI=1S/C15H18ClNO3S/c1-2-3-8-20-9-5-7-17-14(18)12(13(16)15(17)19)11-6-4-10-21-11/h4,6,10H,2-3,5,7-9H2,1H3. The lowest BCUT2D eigenvalue weighted by Crippen LogP contribution is -2.32. The van der Waals surface area contributed by atoms with Gasteiger partial charge in [-0.1, -0.05) is 31.0 Å². The molecule has 0 aromatic carbocycles. The summed E-state index contributed by atoms with van der Waals surface area (Å²) in [5.41, 5.74) is 0.323. The molecule has 21 heavy (non-hydrogen) atoms. The van der Waals surface area contributed by atoms with E-state index in [4.69, 9.17) is 16.3 Å². The number of halogens is 1. The molecule has 0 unspecified atom stereocenters. The lowest BCUT2D eigenvalue weighted by atomic mass is 10.2. The van der Waals surface area contributed by atoms with E-state index in [-0.39, 0.29) is 10.9 Å². The van der Waals surface area contributed by atoms with Crippen molar-refractivity contribution >= 4 is 40.3 Å². The summed E-state index contributed by atoms with van der Waals surface area (Å²) in [5, 5.41) is 1.88. The number of rotatable bonds is 8. The molecule has 4 nitrogen and oxygen atoms in total. The van der Waals surface area contributed by atoms with Gasteiger partial charge in [-0.2, -0.15) is 0 Å². The highest BCUT2D eigenvalue weighted by Crippen LogP contribution is 2.33. The molecule has 0 aliphatic carbocycles. The topological polar surface area (TPSA) is 46.6 Å². The zero-order chi connectivity index (χ0) is 15.2. The van der Waals surface area contributed by atoms with Crippen LogP contribution in [-0.4, -0.2) is 36.5 Å². The Morgan fingerprint density at radius 2 is 2.00 bits per heavy atom. The van der Waals surface area contributed by atoms with Crippen LogP contribution in [0, 0.1) is 0 Å². The molecular weight excluding hydrogens is 310 g/mol. The maximum atomic E-state index is 12.3. The highest BCUT2D eigenvalue weighted by atomic mass is 35.5. The second kappa shape index (κ2) is 7.73. The van der Waals surface area contributed by atoms with Gasteiger partial charge in [-0.25, -0.2) is 0 Å². The Kier molecular flexibility index (Phi) is 5.96. The van der Waals surface area contributed by atoms with Gasteiger partial charge in [-0.15, -0.1) is 11.3 Å². The maximum absolute atomic E-state index is 12.3. The van der Waals surface area contributed by atoms with Gasteiger partial charge < -0.3 is 4.74 Å². The van der Waals surface area contributed by atoms with Crippen LogP contribution in [0.2, 0.25) is 0 Å². The molecule has 1 aliphatic heterocycles. The molecule has 114 valence electrons. The van der Waals surface area contributed by atoms with Crippen molar-refractivity contribution in [3.63, 3.8) is 0 Å². The van der Waals surface area contributed by atoms with E-state index in [9.17, 15) is 9.59 Å². The van der Waals surface area contributed by atoms with Gasteiger partial charge >= 0.3 is 0 Å². The molecule has 1 aromatic rings. The van der Waals surface area contributed by atoms with Crippen LogP contribution in [-0.2, 0) is 14.3 Å². The summed E-state index contributed by atoms with van der Waals surface area (Å²) in [6, 6.07) is 3.63. The van der Waals surface area contributed by atoms with Crippen molar-refractivity contribution in [2.75, 3.05) is 19.8 Å². The number of carbonyl (C=O) groups is 2. The van der Waals surface area contributed by atoms with Crippen LogP contribution in [0.4, 0.5) is 0 Å². The third-order valence-corrected chi connectivity index (χ3v) is 4.43. The van der Waals surface area contributed by atoms with Crippen molar-refractivity contribution in [1.82, 2.24) is 4.90 Å². The summed E-state index contributed by atoms with van der Waals surface area (Å²) in [7, 11) is 0. The SMILES string of the molecule is CCCCOCCCN1C(=O)C(Cl)=C(c2cccs2)C1=O. The first-order chi connectivity index (χ1) is 10.2. The molecular formula is C15H18ClNO3S. The fraction of sp³-hybridized carbons (Fsp3) is 0.467. The van der Waals surface area contributed by atoms with Crippen LogP contribution in [0.25, 0.3) is 5.57 Å². The van der Waals surface area contributed by atoms with Crippen molar-refractivity contribution in [3.8, 4) is 0 Å². The van der Waals surface area contributed by atoms with Gasteiger partial charge in [-0.3, -0.25) is 14.5 Å². The fourth-order valence-electron chi connectivity index (χ4n) is 2.06. The zero-order valence-corrected chi connectivity index (χ0v) is 13.5. The van der Waals surface area contributed by atoms with Crippen molar-refractivity contribution in [2.45, 2.75) is 26.2 Å². The van der Waals surface area contributed by atoms with Crippen LogP contribution in [0.15, 0.2) is 22.5 Å². The number of carbonyl (C=O) groups excluding carboxylic acids is 2. The average Bonchev–Trinajstić information content (AvgIpc) is 3.05. The van der Waals surface area contributed by atoms with Gasteiger partial charge in [0.2, 0.25) is 0 Å². The minimum atomic E-state index is -0.404. The Morgan fingerprint density at radius 1 is 1.24 bits per heavy atom. The summed E-state index contributed by atoms with van der Waals surface area (Å²) < 4.78 is 5.44. The quantitative estimate of drug-likeness (QED) is 0.544. The molecule has 2 rings (SSSR count). The number of ether oxygens (including phenoxy) is 1. The molecule has 0 fully saturated rings. The Labute approximate surface area is 133 Å². The average molecular weight is 328 g/mol. The Balaban J connectivity index is 1.90. The molecule has 0 bridgehead atoms. The lowest BCUT2D eigenvalue weighted by molar-refractivity contribution is -0.136. The molecule has 0 saturated heterocycles. The second-order valence-electron chi connectivity index (χ2n) is 4.75. The minimum absolute atomic E-state index is 0.0225. The molecule has 1 aliphatic rings. The molecule has 6 heteroatoms. The van der Waals surface area contributed by atoms with Gasteiger partial charge in [0.05, 0.1) is 5.57 Å². The van der Waals surface area contributed by atoms with E-state index in [1.807, 2.05) is 11.4 Å². The first-order valence-corrected chi connectivity index (χ1v) is 8.30. The van der Waals surface area contributed by atoms with Crippen LogP contribution < -0.4 is 0 Å². The molecule has 0 spiro atoms. The third-order valence-electron chi connectivity index (χ3n) is 3.19. The number of hydrogen-bond donors (Lipinski definition) is 0. The van der Waals surface area contributed by atoms with E-state index < -0.39 is 5.91 Å². The predicted octanol–water partition coefficient (Wildman–Crippen LogP) is 3.27. The molecule has 0 saturated carbocycles. The summed E-state index contributed by atoms with van der Waals surface area (Å²) in [5.74, 6) is -0.709. The van der Waals surface area contributed by atoms with Crippen molar-refractivity contribution in [1.29, 1.82) is 0 Å². The molecule has 0 radical (unpaired) electrons. The van der Waals surface area contributed by atoms with E-state index in [0.29, 0.717) is 25.1 Å². The van der Waals surface area contributed by atoms with Crippen LogP contribution in [0.1, 0.15) is 31.1 Å². The fourth-order valence-corrected chi connectivity index (χ4v) is 3.17. The minimum Gasteiger partial charge on any atom is -0.381 e. The first-order valence-electron chi connectivity index (χ1n) is 7.04. The number of imide groups is 1. The molecule has 1 aromatic heterocycles. The monoisotopic (exact) mass is 327 g/mol. The van der Waals surface area contributed by atoms with Gasteiger partial charge in [0.1, 0.15) is 5.03 Å². The third kappa shape index (κ3) is 3.73. The van der Waals surface area contributed by atoms with E-state index in [0.717, 1.165) is 24.3 Å². The zero-order valence-electron chi connectivity index (χ0n) is 11.9. The molecule has 0 N–H and O–H groups in total. The van der Waals surface area contributed by atoms with E-state index in [2.05, 4.69) is 6.92 Å². The molecule has 2 amide bonds. The summed E-state index contributed by atoms with van der Waals surface area (Å²) in [4.78, 5) is 26.3. The number of nitrogens with zero attached hydrogens (tertiary/aromatic N) is 1. The first kappa shape index (κ1) is 16.2. The largest absolute Gasteiger partial charge is 0.381 e. The Hall–Kier alpha value is -1.17. The van der Waals surface area contributed by atoms with Crippen molar-refractivity contribution in [2.24, 2.45) is 0 Å². The predicted molar refractivity (Wildman–Crippen MR) is 84.2 cm³/mol. The normalized spacial score (nSPS) is 15.4. The number of unbranched alkanes of at least 4 members (excludes halogenated alkanes) is 1. The summed E-state index contributed by atoms with van der Waals surface area (Å²) in [6.07, 6.45) is 2.74. The molecule has 0 atom stereocenters. The Morgan fingerprint density at radius 3 is 2.67 bits per heavy atom. The van der Waals surface area contributed by atoms with E-state index in [1.165, 1.54) is 16.2 Å². The highest BCUT2D eigenvalue weighted by Gasteiger charge is 2.38. The van der Waals surface area contributed by atoms with Gasteiger partial charge in [-0.05, 0) is 24.3 Å². The lowest BCUT2D eigenvalue weighted by Gasteiger charge is -2.14. The smallest absolute Gasteiger partial charge is 0.273 e. The van der Waals surface area contributed by atoms with Gasteiger partial charge in [0, 0.05) is 24.6 Å². The van der Waals surface area contributed by atoms with Crippen LogP contribution >= 0.6 is 22.9 Å². The van der Waals surface area contributed by atoms with Crippen molar-refractivity contribution in [3.05, 3.63) is 27.4 Å². The van der Waals surface area contributed by atoms with Crippen molar-refractivity contribution < 1.29 is 14.3 Å². The van der Waals surface area contributed by atoms with Crippen LogP contribution in [0.3, 0.4) is 0 Å².